The molecule has 5 atom stereocenters. The maximum absolute atomic E-state index is 11.1. The number of fused-ring (bicyclic) bond motifs is 1. The van der Waals surface area contributed by atoms with Gasteiger partial charge >= 0.3 is 0 Å². The van der Waals surface area contributed by atoms with Gasteiger partial charge in [0.2, 0.25) is 0 Å². The fourth-order valence-corrected chi connectivity index (χ4v) is 5.98. The van der Waals surface area contributed by atoms with E-state index in [0.717, 1.165) is 0 Å². The SMILES string of the molecule is CC1(C)O[C@@H]2[C@@H](CO[Si](C)(C)C(C)(C)C)[C@@H](O)C[C@H](O[Si](C)(C)C(C)(C)C)[C@H]2O1. The molecule has 29 heavy (non-hydrogen) atoms. The Hall–Kier alpha value is 0.234. The topological polar surface area (TPSA) is 57.2 Å². The van der Waals surface area contributed by atoms with Crippen LogP contribution >= 0.6 is 0 Å². The number of rotatable bonds is 5. The summed E-state index contributed by atoms with van der Waals surface area (Å²) in [5.41, 5.74) is 0. The van der Waals surface area contributed by atoms with Gasteiger partial charge in [-0.1, -0.05) is 41.5 Å². The number of hydrogen-bond acceptors (Lipinski definition) is 5. The van der Waals surface area contributed by atoms with Gasteiger partial charge < -0.3 is 23.4 Å². The van der Waals surface area contributed by atoms with E-state index in [1.807, 2.05) is 13.8 Å². The van der Waals surface area contributed by atoms with Gasteiger partial charge in [-0.05, 0) is 50.1 Å². The highest BCUT2D eigenvalue weighted by molar-refractivity contribution is 6.74. The molecule has 0 aromatic rings. The molecule has 0 aromatic heterocycles. The van der Waals surface area contributed by atoms with Crippen LogP contribution in [0.3, 0.4) is 0 Å². The molecular formula is C22H46O5Si2. The van der Waals surface area contributed by atoms with Crippen molar-refractivity contribution in [3.05, 3.63) is 0 Å². The van der Waals surface area contributed by atoms with E-state index in [4.69, 9.17) is 18.3 Å². The number of aliphatic hydroxyl groups is 1. The van der Waals surface area contributed by atoms with Gasteiger partial charge in [0.25, 0.3) is 0 Å². The third-order valence-electron chi connectivity index (χ3n) is 7.62. The zero-order valence-electron chi connectivity index (χ0n) is 20.9. The van der Waals surface area contributed by atoms with Crippen molar-refractivity contribution in [1.82, 2.24) is 0 Å². The average molecular weight is 447 g/mol. The summed E-state index contributed by atoms with van der Waals surface area (Å²) in [5, 5.41) is 11.3. The maximum atomic E-state index is 11.1. The van der Waals surface area contributed by atoms with Crippen molar-refractivity contribution in [2.24, 2.45) is 5.92 Å². The largest absolute Gasteiger partial charge is 0.416 e. The molecule has 1 N–H and O–H groups in total. The summed E-state index contributed by atoms with van der Waals surface area (Å²) in [6, 6.07) is 0. The monoisotopic (exact) mass is 446 g/mol. The average Bonchev–Trinajstić information content (AvgIpc) is 2.79. The van der Waals surface area contributed by atoms with E-state index in [1.54, 1.807) is 0 Å². The van der Waals surface area contributed by atoms with Gasteiger partial charge in [0.15, 0.2) is 22.4 Å². The third-order valence-corrected chi connectivity index (χ3v) is 16.6. The lowest BCUT2D eigenvalue weighted by atomic mass is 9.81. The Kier molecular flexibility index (Phi) is 7.01. The second-order valence-corrected chi connectivity index (χ2v) is 22.1. The minimum atomic E-state index is -1.99. The fraction of sp³-hybridized carbons (Fsp3) is 1.00. The van der Waals surface area contributed by atoms with Gasteiger partial charge in [-0.25, -0.2) is 0 Å². The lowest BCUT2D eigenvalue weighted by Gasteiger charge is -2.46. The van der Waals surface area contributed by atoms with Crippen LogP contribution in [0.25, 0.3) is 0 Å². The highest BCUT2D eigenvalue weighted by Gasteiger charge is 2.56. The van der Waals surface area contributed by atoms with Gasteiger partial charge in [-0.3, -0.25) is 0 Å². The normalized spacial score (nSPS) is 33.6. The van der Waals surface area contributed by atoms with Crippen molar-refractivity contribution >= 4 is 16.6 Å². The molecule has 0 aromatic carbocycles. The molecule has 1 saturated carbocycles. The Labute approximate surface area is 181 Å². The number of aliphatic hydroxyl groups excluding tert-OH is 1. The molecule has 2 rings (SSSR count). The van der Waals surface area contributed by atoms with Gasteiger partial charge in [0.1, 0.15) is 6.10 Å². The minimum Gasteiger partial charge on any atom is -0.416 e. The van der Waals surface area contributed by atoms with Crippen molar-refractivity contribution in [3.63, 3.8) is 0 Å². The number of ether oxygens (including phenoxy) is 2. The first-order chi connectivity index (χ1) is 12.8. The summed E-state index contributed by atoms with van der Waals surface area (Å²) in [6.07, 6.45) is -0.488. The molecule has 0 spiro atoms. The zero-order valence-corrected chi connectivity index (χ0v) is 22.9. The molecule has 0 amide bonds. The van der Waals surface area contributed by atoms with Gasteiger partial charge in [-0.2, -0.15) is 0 Å². The van der Waals surface area contributed by atoms with Crippen LogP contribution in [-0.4, -0.2) is 58.6 Å². The molecule has 2 aliphatic rings. The van der Waals surface area contributed by atoms with Crippen molar-refractivity contribution in [3.8, 4) is 0 Å². The summed E-state index contributed by atoms with van der Waals surface area (Å²) < 4.78 is 25.8. The molecule has 1 heterocycles. The van der Waals surface area contributed by atoms with E-state index in [1.165, 1.54) is 0 Å². The predicted octanol–water partition coefficient (Wildman–Crippen LogP) is 5.30. The van der Waals surface area contributed by atoms with Crippen LogP contribution < -0.4 is 0 Å². The highest BCUT2D eigenvalue weighted by atomic mass is 28.4. The Morgan fingerprint density at radius 2 is 1.38 bits per heavy atom. The first-order valence-electron chi connectivity index (χ1n) is 11.1. The van der Waals surface area contributed by atoms with E-state index in [-0.39, 0.29) is 34.3 Å². The number of hydrogen-bond donors (Lipinski definition) is 1. The summed E-state index contributed by atoms with van der Waals surface area (Å²) in [6.45, 7) is 26.8. The molecule has 172 valence electrons. The van der Waals surface area contributed by atoms with Crippen LogP contribution in [0.4, 0.5) is 0 Å². The summed E-state index contributed by atoms with van der Waals surface area (Å²) in [5.74, 6) is -0.779. The maximum Gasteiger partial charge on any atom is 0.192 e. The highest BCUT2D eigenvalue weighted by Crippen LogP contribution is 2.46. The molecule has 7 heteroatoms. The van der Waals surface area contributed by atoms with Crippen molar-refractivity contribution in [1.29, 1.82) is 0 Å². The predicted molar refractivity (Wildman–Crippen MR) is 123 cm³/mol. The molecule has 1 saturated heterocycles. The zero-order chi connectivity index (χ0) is 22.6. The van der Waals surface area contributed by atoms with Crippen molar-refractivity contribution in [2.75, 3.05) is 6.61 Å². The van der Waals surface area contributed by atoms with E-state index < -0.39 is 28.5 Å². The molecule has 1 aliphatic heterocycles. The summed E-state index contributed by atoms with van der Waals surface area (Å²) in [4.78, 5) is 0. The Balaban J connectivity index is 2.21. The van der Waals surface area contributed by atoms with Crippen LogP contribution in [0.15, 0.2) is 0 Å². The lowest BCUT2D eigenvalue weighted by molar-refractivity contribution is -0.155. The van der Waals surface area contributed by atoms with Crippen molar-refractivity contribution < 1.29 is 23.4 Å². The second kappa shape index (κ2) is 7.98. The van der Waals surface area contributed by atoms with E-state index >= 15 is 0 Å². The molecule has 0 unspecified atom stereocenters. The lowest BCUT2D eigenvalue weighted by Crippen LogP contribution is -2.58. The van der Waals surface area contributed by atoms with E-state index in [0.29, 0.717) is 13.0 Å². The molecule has 0 bridgehead atoms. The standard InChI is InChI=1S/C22H46O5Si2/c1-20(2,3)28(9,10)24-14-15-16(23)13-17(27-29(11,12)21(4,5)6)19-18(15)25-22(7,8)26-19/h15-19,23H,13-14H2,1-12H3/t15-,16-,17-,18+,19+/m0/s1. The smallest absolute Gasteiger partial charge is 0.192 e. The summed E-state index contributed by atoms with van der Waals surface area (Å²) >= 11 is 0. The fourth-order valence-electron chi connectivity index (χ4n) is 3.60. The molecule has 5 nitrogen and oxygen atoms in total. The Morgan fingerprint density at radius 1 is 0.897 bits per heavy atom. The quantitative estimate of drug-likeness (QED) is 0.581. The second-order valence-electron chi connectivity index (χ2n) is 12.5. The summed E-state index contributed by atoms with van der Waals surface area (Å²) in [7, 11) is -3.90. The van der Waals surface area contributed by atoms with Gasteiger partial charge in [0, 0.05) is 18.9 Å². The minimum absolute atomic E-state index is 0.102. The van der Waals surface area contributed by atoms with E-state index in [9.17, 15) is 5.11 Å². The van der Waals surface area contributed by atoms with Crippen molar-refractivity contribution in [2.45, 2.75) is 128 Å². The molecule has 0 radical (unpaired) electrons. The first kappa shape index (κ1) is 25.5. The Bertz CT molecular complexity index is 577. The van der Waals surface area contributed by atoms with Crippen LogP contribution in [0.1, 0.15) is 61.8 Å². The Morgan fingerprint density at radius 3 is 1.86 bits per heavy atom. The molecular weight excluding hydrogens is 400 g/mol. The van der Waals surface area contributed by atoms with Crippen LogP contribution in [0, 0.1) is 5.92 Å². The third kappa shape index (κ3) is 5.54. The van der Waals surface area contributed by atoms with Gasteiger partial charge in [0.05, 0.1) is 18.3 Å². The first-order valence-corrected chi connectivity index (χ1v) is 16.9. The van der Waals surface area contributed by atoms with Crippen LogP contribution in [0.5, 0.6) is 0 Å². The van der Waals surface area contributed by atoms with Crippen LogP contribution in [-0.2, 0) is 18.3 Å². The van der Waals surface area contributed by atoms with Crippen LogP contribution in [0.2, 0.25) is 36.3 Å². The van der Waals surface area contributed by atoms with Gasteiger partial charge in [-0.15, -0.1) is 0 Å². The molecule has 1 aliphatic carbocycles. The van der Waals surface area contributed by atoms with E-state index in [2.05, 4.69) is 67.7 Å². The molecule has 2 fully saturated rings.